The Bertz CT molecular complexity index is 367. The summed E-state index contributed by atoms with van der Waals surface area (Å²) in [6, 6.07) is 1.78. The molecule has 1 unspecified atom stereocenters. The number of hydrogen-bond donors (Lipinski definition) is 0. The number of carboxylic acid groups (broad SMARTS) is 1. The minimum Gasteiger partial charge on any atom is -0.549 e. The first-order valence-electron chi connectivity index (χ1n) is 3.45. The van der Waals surface area contributed by atoms with Crippen molar-refractivity contribution in [2.24, 2.45) is 0 Å². The normalized spacial score (nSPS) is 19.6. The molecule has 1 aromatic heterocycles. The Morgan fingerprint density at radius 3 is 3.08 bits per heavy atom. The van der Waals surface area contributed by atoms with Gasteiger partial charge in [-0.05, 0) is 22.0 Å². The molecular formula is C8H5BrNO2-. The second kappa shape index (κ2) is 2.48. The SMILES string of the molecule is O=C([O-])C1C=Cn2cc(Br)cc21. The quantitative estimate of drug-likeness (QED) is 0.703. The summed E-state index contributed by atoms with van der Waals surface area (Å²) < 4.78 is 2.65. The van der Waals surface area contributed by atoms with Crippen LogP contribution in [-0.4, -0.2) is 10.5 Å². The van der Waals surface area contributed by atoms with Gasteiger partial charge in [0.1, 0.15) is 0 Å². The summed E-state index contributed by atoms with van der Waals surface area (Å²) in [7, 11) is 0. The number of aromatic nitrogens is 1. The maximum atomic E-state index is 10.6. The summed E-state index contributed by atoms with van der Waals surface area (Å²) in [5.74, 6) is -1.66. The van der Waals surface area contributed by atoms with Gasteiger partial charge in [-0.25, -0.2) is 0 Å². The summed E-state index contributed by atoms with van der Waals surface area (Å²) in [6.45, 7) is 0. The van der Waals surface area contributed by atoms with Crippen LogP contribution in [0.2, 0.25) is 0 Å². The molecule has 1 aliphatic rings. The fourth-order valence-corrected chi connectivity index (χ4v) is 1.77. The van der Waals surface area contributed by atoms with Gasteiger partial charge in [-0.1, -0.05) is 6.08 Å². The zero-order valence-electron chi connectivity index (χ0n) is 6.03. The first-order chi connectivity index (χ1) is 5.68. The fraction of sp³-hybridized carbons (Fsp3) is 0.125. The van der Waals surface area contributed by atoms with Crippen molar-refractivity contribution in [3.05, 3.63) is 28.5 Å². The van der Waals surface area contributed by atoms with Crippen molar-refractivity contribution in [3.8, 4) is 0 Å². The zero-order valence-corrected chi connectivity index (χ0v) is 7.61. The Hall–Kier alpha value is -1.03. The van der Waals surface area contributed by atoms with Gasteiger partial charge in [-0.15, -0.1) is 0 Å². The average molecular weight is 227 g/mol. The van der Waals surface area contributed by atoms with Gasteiger partial charge in [0, 0.05) is 22.6 Å². The minimum atomic E-state index is -1.06. The van der Waals surface area contributed by atoms with Gasteiger partial charge in [-0.2, -0.15) is 0 Å². The van der Waals surface area contributed by atoms with Crippen molar-refractivity contribution in [2.75, 3.05) is 0 Å². The third kappa shape index (κ3) is 0.992. The van der Waals surface area contributed by atoms with Crippen molar-refractivity contribution < 1.29 is 9.90 Å². The Morgan fingerprint density at radius 1 is 1.67 bits per heavy atom. The maximum absolute atomic E-state index is 10.6. The van der Waals surface area contributed by atoms with Crippen molar-refractivity contribution in [1.29, 1.82) is 0 Å². The Kier molecular flexibility index (Phi) is 1.58. The molecule has 12 heavy (non-hydrogen) atoms. The number of carboxylic acids is 1. The van der Waals surface area contributed by atoms with Crippen LogP contribution in [0.15, 0.2) is 22.8 Å². The number of rotatable bonds is 1. The molecule has 0 fully saturated rings. The molecule has 0 N–H and O–H groups in total. The molecule has 1 aromatic rings. The van der Waals surface area contributed by atoms with E-state index in [0.717, 1.165) is 10.2 Å². The lowest BCUT2D eigenvalue weighted by atomic mass is 10.1. The van der Waals surface area contributed by atoms with Gasteiger partial charge in [0.05, 0.1) is 11.9 Å². The van der Waals surface area contributed by atoms with Gasteiger partial charge in [0.15, 0.2) is 0 Å². The van der Waals surface area contributed by atoms with E-state index >= 15 is 0 Å². The third-order valence-corrected chi connectivity index (χ3v) is 2.29. The summed E-state index contributed by atoms with van der Waals surface area (Å²) in [6.07, 6.45) is 5.15. The van der Waals surface area contributed by atoms with Gasteiger partial charge >= 0.3 is 0 Å². The Morgan fingerprint density at radius 2 is 2.42 bits per heavy atom. The molecule has 2 heterocycles. The highest BCUT2D eigenvalue weighted by molar-refractivity contribution is 9.10. The van der Waals surface area contributed by atoms with Crippen LogP contribution in [0.25, 0.3) is 6.20 Å². The van der Waals surface area contributed by atoms with Gasteiger partial charge in [0.2, 0.25) is 0 Å². The lowest BCUT2D eigenvalue weighted by Gasteiger charge is -2.08. The lowest BCUT2D eigenvalue weighted by Crippen LogP contribution is -2.28. The molecule has 2 rings (SSSR count). The number of halogens is 1. The van der Waals surface area contributed by atoms with Gasteiger partial charge in [-0.3, -0.25) is 0 Å². The second-order valence-electron chi connectivity index (χ2n) is 2.63. The van der Waals surface area contributed by atoms with E-state index in [0.29, 0.717) is 0 Å². The molecule has 0 aliphatic carbocycles. The summed E-state index contributed by atoms with van der Waals surface area (Å²) in [5, 5.41) is 10.6. The highest BCUT2D eigenvalue weighted by Gasteiger charge is 2.18. The number of nitrogens with zero attached hydrogens (tertiary/aromatic N) is 1. The highest BCUT2D eigenvalue weighted by Crippen LogP contribution is 2.28. The molecule has 1 aliphatic heterocycles. The summed E-state index contributed by atoms with van der Waals surface area (Å²) >= 11 is 3.27. The van der Waals surface area contributed by atoms with E-state index in [1.165, 1.54) is 0 Å². The highest BCUT2D eigenvalue weighted by atomic mass is 79.9. The van der Waals surface area contributed by atoms with Crippen molar-refractivity contribution in [1.82, 2.24) is 4.57 Å². The van der Waals surface area contributed by atoms with Crippen LogP contribution in [0.4, 0.5) is 0 Å². The number of fused-ring (bicyclic) bond motifs is 1. The number of carbonyl (C=O) groups is 1. The summed E-state index contributed by atoms with van der Waals surface area (Å²) in [5.41, 5.74) is 0.738. The Balaban J connectivity index is 2.48. The van der Waals surface area contributed by atoms with E-state index in [1.54, 1.807) is 22.9 Å². The average Bonchev–Trinajstić information content (AvgIpc) is 2.43. The molecule has 0 saturated heterocycles. The minimum absolute atomic E-state index is 0.601. The molecule has 0 spiro atoms. The van der Waals surface area contributed by atoms with E-state index in [-0.39, 0.29) is 0 Å². The predicted molar refractivity (Wildman–Crippen MR) is 45.2 cm³/mol. The van der Waals surface area contributed by atoms with Crippen LogP contribution in [0.1, 0.15) is 11.6 Å². The van der Waals surface area contributed by atoms with Crippen molar-refractivity contribution in [2.45, 2.75) is 5.92 Å². The standard InChI is InChI=1S/C8H6BrNO2/c9-5-3-7-6(8(11)12)1-2-10(7)4-5/h1-4,6H,(H,11,12)/p-1. The Labute approximate surface area is 77.4 Å². The zero-order chi connectivity index (χ0) is 8.72. The number of aliphatic carboxylic acids is 1. The van der Waals surface area contributed by atoms with E-state index in [2.05, 4.69) is 15.9 Å². The molecule has 0 aromatic carbocycles. The van der Waals surface area contributed by atoms with Crippen LogP contribution < -0.4 is 5.11 Å². The summed E-state index contributed by atoms with van der Waals surface area (Å²) in [4.78, 5) is 10.6. The lowest BCUT2D eigenvalue weighted by molar-refractivity contribution is -0.306. The van der Waals surface area contributed by atoms with Crippen LogP contribution in [-0.2, 0) is 4.79 Å². The third-order valence-electron chi connectivity index (χ3n) is 1.86. The molecule has 0 amide bonds. The van der Waals surface area contributed by atoms with E-state index in [1.807, 2.05) is 6.20 Å². The topological polar surface area (TPSA) is 45.1 Å². The molecule has 1 atom stereocenters. The second-order valence-corrected chi connectivity index (χ2v) is 3.54. The first-order valence-corrected chi connectivity index (χ1v) is 4.24. The van der Waals surface area contributed by atoms with E-state index < -0.39 is 11.9 Å². The molecule has 0 bridgehead atoms. The number of hydrogen-bond acceptors (Lipinski definition) is 2. The largest absolute Gasteiger partial charge is 0.549 e. The van der Waals surface area contributed by atoms with Crippen LogP contribution in [0.3, 0.4) is 0 Å². The van der Waals surface area contributed by atoms with Crippen LogP contribution >= 0.6 is 15.9 Å². The predicted octanol–water partition coefficient (Wildman–Crippen LogP) is 0.568. The number of carbonyl (C=O) groups excluding carboxylic acids is 1. The fourth-order valence-electron chi connectivity index (χ4n) is 1.32. The molecule has 62 valence electrons. The van der Waals surface area contributed by atoms with E-state index in [9.17, 15) is 9.90 Å². The van der Waals surface area contributed by atoms with Gasteiger partial charge < -0.3 is 14.5 Å². The van der Waals surface area contributed by atoms with Gasteiger partial charge in [0.25, 0.3) is 0 Å². The molecule has 0 radical (unpaired) electrons. The smallest absolute Gasteiger partial charge is 0.0590 e. The monoisotopic (exact) mass is 226 g/mol. The van der Waals surface area contributed by atoms with Crippen LogP contribution in [0, 0.1) is 0 Å². The van der Waals surface area contributed by atoms with Crippen LogP contribution in [0.5, 0.6) is 0 Å². The molecular weight excluding hydrogens is 222 g/mol. The maximum Gasteiger partial charge on any atom is 0.0590 e. The molecule has 0 saturated carbocycles. The molecule has 3 nitrogen and oxygen atoms in total. The van der Waals surface area contributed by atoms with Crippen molar-refractivity contribution >= 4 is 28.1 Å². The first kappa shape index (κ1) is 7.61. The van der Waals surface area contributed by atoms with E-state index in [4.69, 9.17) is 0 Å². The van der Waals surface area contributed by atoms with Crippen molar-refractivity contribution in [3.63, 3.8) is 0 Å². The molecule has 4 heteroatoms.